The lowest BCUT2D eigenvalue weighted by molar-refractivity contribution is 0.190. The number of rotatable bonds is 2. The van der Waals surface area contributed by atoms with Gasteiger partial charge in [-0.3, -0.25) is 0 Å². The summed E-state index contributed by atoms with van der Waals surface area (Å²) in [5, 5.41) is 16.8. The van der Waals surface area contributed by atoms with Crippen LogP contribution in [0.3, 0.4) is 0 Å². The second-order valence-corrected chi connectivity index (χ2v) is 7.81. The summed E-state index contributed by atoms with van der Waals surface area (Å²) in [4.78, 5) is 0. The zero-order valence-corrected chi connectivity index (χ0v) is 10.7. The summed E-state index contributed by atoms with van der Waals surface area (Å²) in [6.45, 7) is 0. The van der Waals surface area contributed by atoms with Gasteiger partial charge in [0.1, 0.15) is 0 Å². The molecule has 0 bridgehead atoms. The first kappa shape index (κ1) is 10.5. The fourth-order valence-corrected chi connectivity index (χ4v) is 0.952. The molecule has 0 aliphatic carbocycles. The van der Waals surface area contributed by atoms with Crippen molar-refractivity contribution in [3.8, 4) is 0 Å². The number of aliphatic hydroxyl groups is 2. The summed E-state index contributed by atoms with van der Waals surface area (Å²) < 4.78 is 0.559. The third-order valence-corrected chi connectivity index (χ3v) is 5.93. The first-order valence-corrected chi connectivity index (χ1v) is 5.79. The molecule has 1 atom stereocenters. The number of hydrogen-bond acceptors (Lipinski definition) is 2. The highest BCUT2D eigenvalue weighted by molar-refractivity contribution is 14.2. The molecule has 0 radical (unpaired) electrons. The Balaban J connectivity index is 3.76. The predicted octanol–water partition coefficient (Wildman–Crippen LogP) is 2.94. The lowest BCUT2D eigenvalue weighted by Crippen LogP contribution is -2.02. The Kier molecular flexibility index (Phi) is 6.10. The fraction of sp³-hybridized carbons (Fsp3) is 0.500. The maximum Gasteiger partial charge on any atom is 0.271 e. The van der Waals surface area contributed by atoms with Crippen LogP contribution in [0.1, 0.15) is 0 Å². The van der Waals surface area contributed by atoms with E-state index in [9.17, 15) is 0 Å². The van der Waals surface area contributed by atoms with Crippen LogP contribution < -0.4 is 0 Å². The van der Waals surface area contributed by atoms with Gasteiger partial charge < -0.3 is 10.2 Å². The molecule has 0 amide bonds. The maximum atomic E-state index is 8.38. The zero-order chi connectivity index (χ0) is 7.44. The highest BCUT2D eigenvalue weighted by atomic mass is 127. The minimum absolute atomic E-state index is 0.175. The van der Waals surface area contributed by atoms with Crippen LogP contribution in [0, 0.1) is 0 Å². The molecule has 9 heavy (non-hydrogen) atoms. The van der Waals surface area contributed by atoms with E-state index < -0.39 is 5.95 Å². The molecule has 0 saturated heterocycles. The number of halogens is 3. The zero-order valence-electron chi connectivity index (χ0n) is 4.26. The predicted molar refractivity (Wildman–Crippen MR) is 63.0 cm³/mol. The molecule has 54 valence electrons. The van der Waals surface area contributed by atoms with Crippen molar-refractivity contribution in [3.63, 3.8) is 0 Å². The molecule has 2 nitrogen and oxygen atoms in total. The van der Waals surface area contributed by atoms with E-state index in [0.29, 0.717) is 1.93 Å². The Morgan fingerprint density at radius 1 is 1.22 bits per heavy atom. The summed E-state index contributed by atoms with van der Waals surface area (Å²) in [5.74, 6) is -0.590. The van der Waals surface area contributed by atoms with Gasteiger partial charge in [-0.05, 0) is 0 Å². The van der Waals surface area contributed by atoms with E-state index in [-0.39, 0.29) is 3.92 Å². The highest BCUT2D eigenvalue weighted by Gasteiger charge is 2.09. The van der Waals surface area contributed by atoms with Crippen molar-refractivity contribution >= 4 is 67.8 Å². The van der Waals surface area contributed by atoms with E-state index in [1.54, 1.807) is 0 Å². The van der Waals surface area contributed by atoms with Crippen LogP contribution in [-0.4, -0.2) is 16.1 Å². The summed E-state index contributed by atoms with van der Waals surface area (Å²) in [6.07, 6.45) is 1.41. The summed E-state index contributed by atoms with van der Waals surface area (Å²) >= 11 is 6.56. The Labute approximate surface area is 94.5 Å². The van der Waals surface area contributed by atoms with Gasteiger partial charge in [0.25, 0.3) is 5.95 Å². The second kappa shape index (κ2) is 5.22. The van der Waals surface area contributed by atoms with Crippen molar-refractivity contribution in [2.24, 2.45) is 0 Å². The minimum Gasteiger partial charge on any atom is -0.481 e. The van der Waals surface area contributed by atoms with E-state index in [2.05, 4.69) is 67.8 Å². The van der Waals surface area contributed by atoms with Crippen molar-refractivity contribution in [2.45, 2.75) is 5.86 Å². The number of hydrogen-bond donors (Lipinski definition) is 2. The number of allylic oxidation sites excluding steroid dienone is 1. The van der Waals surface area contributed by atoms with Crippen LogP contribution in [0.5, 0.6) is 0 Å². The van der Waals surface area contributed by atoms with E-state index in [1.165, 1.54) is 6.08 Å². The molecule has 0 fully saturated rings. The Morgan fingerprint density at radius 3 is 1.78 bits per heavy atom. The molecule has 0 spiro atoms. The van der Waals surface area contributed by atoms with Crippen molar-refractivity contribution < 1.29 is 10.2 Å². The van der Waals surface area contributed by atoms with Gasteiger partial charge in [0, 0.05) is 6.08 Å². The molecule has 2 N–H and O–H groups in total. The number of aliphatic hydroxyl groups excluding tert-OH is 1. The van der Waals surface area contributed by atoms with Crippen molar-refractivity contribution in [1.82, 2.24) is 0 Å². The lowest BCUT2D eigenvalue weighted by atomic mass is 10.5. The van der Waals surface area contributed by atoms with Gasteiger partial charge in [-0.1, -0.05) is 67.8 Å². The third kappa shape index (κ3) is 5.95. The van der Waals surface area contributed by atoms with E-state index >= 15 is 0 Å². The first-order valence-electron chi connectivity index (χ1n) is 2.06. The van der Waals surface area contributed by atoms with Gasteiger partial charge in [-0.2, -0.15) is 0 Å². The van der Waals surface area contributed by atoms with E-state index in [4.69, 9.17) is 10.2 Å². The van der Waals surface area contributed by atoms with Gasteiger partial charge >= 0.3 is 0 Å². The third-order valence-electron chi connectivity index (χ3n) is 0.549. The highest BCUT2D eigenvalue weighted by Crippen LogP contribution is 2.22. The minimum atomic E-state index is -0.590. The molecule has 0 aromatic carbocycles. The summed E-state index contributed by atoms with van der Waals surface area (Å²) in [5.41, 5.74) is 0. The molecule has 0 aromatic rings. The van der Waals surface area contributed by atoms with Crippen LogP contribution in [-0.2, 0) is 0 Å². The van der Waals surface area contributed by atoms with Gasteiger partial charge in [0.05, 0.1) is 5.86 Å². The van der Waals surface area contributed by atoms with E-state index in [1.807, 2.05) is 0 Å². The first-order chi connectivity index (χ1) is 4.04. The summed E-state index contributed by atoms with van der Waals surface area (Å²) in [7, 11) is 0. The molecule has 0 saturated carbocycles. The van der Waals surface area contributed by atoms with Crippen molar-refractivity contribution in [1.29, 1.82) is 0 Å². The smallest absolute Gasteiger partial charge is 0.271 e. The normalized spacial score (nSPS) is 13.3. The van der Waals surface area contributed by atoms with Gasteiger partial charge in [-0.25, -0.2) is 0 Å². The topological polar surface area (TPSA) is 40.5 Å². The Bertz CT molecular complexity index is 108. The molecule has 0 rings (SSSR count). The molecular weight excluding hydrogens is 461 g/mol. The largest absolute Gasteiger partial charge is 0.481 e. The Morgan fingerprint density at radius 2 is 1.67 bits per heavy atom. The fourth-order valence-electron chi connectivity index (χ4n) is 0.215. The summed E-state index contributed by atoms with van der Waals surface area (Å²) in [6, 6.07) is 0. The molecular formula is C4H5I3O2. The number of alkyl halides is 3. The van der Waals surface area contributed by atoms with E-state index in [0.717, 1.165) is 0 Å². The molecule has 0 aliphatic heterocycles. The average Bonchev–Trinajstić information content (AvgIpc) is 1.63. The monoisotopic (exact) mass is 466 g/mol. The second-order valence-electron chi connectivity index (χ2n) is 1.30. The quantitative estimate of drug-likeness (QED) is 0.374. The van der Waals surface area contributed by atoms with Crippen LogP contribution in [0.4, 0.5) is 0 Å². The van der Waals surface area contributed by atoms with Crippen LogP contribution in [0.15, 0.2) is 12.0 Å². The maximum absolute atomic E-state index is 8.38. The standard InChI is InChI=1S/C4H5I3O2/c5-2(4(6)7)1-3(8)9/h1-2,4,8-9H. The lowest BCUT2D eigenvalue weighted by Gasteiger charge is -2.03. The van der Waals surface area contributed by atoms with Crippen molar-refractivity contribution in [2.75, 3.05) is 0 Å². The average molecular weight is 466 g/mol. The molecule has 0 heterocycles. The SMILES string of the molecule is OC(O)=CC(I)C(I)I. The van der Waals surface area contributed by atoms with Crippen LogP contribution in [0.2, 0.25) is 0 Å². The molecule has 5 heteroatoms. The van der Waals surface area contributed by atoms with Crippen LogP contribution >= 0.6 is 67.8 Å². The van der Waals surface area contributed by atoms with Gasteiger partial charge in [-0.15, -0.1) is 0 Å². The molecule has 1 unspecified atom stereocenters. The van der Waals surface area contributed by atoms with Crippen molar-refractivity contribution in [3.05, 3.63) is 12.0 Å². The van der Waals surface area contributed by atoms with Gasteiger partial charge in [0.2, 0.25) is 0 Å². The molecule has 0 aromatic heterocycles. The molecule has 0 aliphatic rings. The van der Waals surface area contributed by atoms with Crippen LogP contribution in [0.25, 0.3) is 0 Å². The Hall–Kier alpha value is 1.53. The van der Waals surface area contributed by atoms with Gasteiger partial charge in [0.15, 0.2) is 0 Å².